The summed E-state index contributed by atoms with van der Waals surface area (Å²) >= 11 is 8.77. The Morgan fingerprint density at radius 3 is 3.03 bits per heavy atom. The van der Waals surface area contributed by atoms with Gasteiger partial charge in [-0.25, -0.2) is 9.97 Å². The third kappa shape index (κ3) is 4.31. The van der Waals surface area contributed by atoms with Crippen LogP contribution in [0.25, 0.3) is 10.2 Å². The molecule has 3 aromatic rings. The lowest BCUT2D eigenvalue weighted by Gasteiger charge is -2.18. The molecule has 2 atom stereocenters. The highest BCUT2D eigenvalue weighted by molar-refractivity contribution is 8.00. The molecule has 7 nitrogen and oxygen atoms in total. The van der Waals surface area contributed by atoms with Crippen molar-refractivity contribution in [3.63, 3.8) is 0 Å². The molecule has 0 aromatic carbocycles. The minimum atomic E-state index is -0.473. The third-order valence-electron chi connectivity index (χ3n) is 5.83. The molecule has 1 N–H and O–H groups in total. The number of ether oxygens (including phenoxy) is 1. The van der Waals surface area contributed by atoms with Gasteiger partial charge in [-0.1, -0.05) is 23.4 Å². The van der Waals surface area contributed by atoms with E-state index in [9.17, 15) is 9.59 Å². The molecule has 1 amide bonds. The lowest BCUT2D eigenvalue weighted by Crippen LogP contribution is -2.30. The number of carbonyl (C=O) groups excluding carboxylic acids is 1. The van der Waals surface area contributed by atoms with Crippen molar-refractivity contribution in [2.75, 3.05) is 11.9 Å². The Labute approximate surface area is 198 Å². The summed E-state index contributed by atoms with van der Waals surface area (Å²) in [5.74, 6) is 0.221. The van der Waals surface area contributed by atoms with Crippen LogP contribution in [0, 0.1) is 0 Å². The molecule has 4 heterocycles. The molecule has 0 saturated carbocycles. The maximum absolute atomic E-state index is 13.6. The Kier molecular flexibility index (Phi) is 6.24. The van der Waals surface area contributed by atoms with E-state index in [1.165, 1.54) is 28.4 Å². The van der Waals surface area contributed by atoms with Gasteiger partial charge in [0.1, 0.15) is 10.6 Å². The summed E-state index contributed by atoms with van der Waals surface area (Å²) in [7, 11) is 0. The number of nitrogens with zero attached hydrogens (tertiary/aromatic N) is 3. The Hall–Kier alpha value is -1.94. The fourth-order valence-corrected chi connectivity index (χ4v) is 6.52. The van der Waals surface area contributed by atoms with Gasteiger partial charge in [-0.15, -0.1) is 11.3 Å². The van der Waals surface area contributed by atoms with Gasteiger partial charge in [-0.3, -0.25) is 14.2 Å². The normalized spacial score (nSPS) is 18.8. The van der Waals surface area contributed by atoms with E-state index >= 15 is 0 Å². The predicted octanol–water partition coefficient (Wildman–Crippen LogP) is 4.29. The topological polar surface area (TPSA) is 86.1 Å². The molecule has 0 unspecified atom stereocenters. The Balaban J connectivity index is 1.45. The summed E-state index contributed by atoms with van der Waals surface area (Å²) in [6, 6.07) is 3.33. The molecule has 1 saturated heterocycles. The maximum atomic E-state index is 13.6. The second kappa shape index (κ2) is 9.13. The van der Waals surface area contributed by atoms with Crippen molar-refractivity contribution in [3.05, 3.63) is 44.1 Å². The number of pyridine rings is 1. The molecule has 0 bridgehead atoms. The first-order valence-corrected chi connectivity index (χ1v) is 12.8. The molecule has 5 rings (SSSR count). The van der Waals surface area contributed by atoms with Crippen molar-refractivity contribution in [3.8, 4) is 0 Å². The number of hydrogen-bond acceptors (Lipinski definition) is 7. The Bertz CT molecular complexity index is 1220. The number of fused-ring (bicyclic) bond motifs is 3. The van der Waals surface area contributed by atoms with Crippen LogP contribution in [0.15, 0.2) is 28.3 Å². The van der Waals surface area contributed by atoms with Crippen molar-refractivity contribution in [2.45, 2.75) is 62.1 Å². The number of carbonyl (C=O) groups is 1. The summed E-state index contributed by atoms with van der Waals surface area (Å²) in [6.45, 7) is 2.98. The smallest absolute Gasteiger partial charge is 0.263 e. The molecule has 0 spiro atoms. The number of hydrogen-bond donors (Lipinski definition) is 1. The number of thioether (sulfide) groups is 1. The molecule has 2 aliphatic rings. The van der Waals surface area contributed by atoms with Crippen molar-refractivity contribution in [2.24, 2.45) is 0 Å². The van der Waals surface area contributed by atoms with Crippen molar-refractivity contribution < 1.29 is 9.53 Å². The number of aromatic nitrogens is 3. The average Bonchev–Trinajstić information content (AvgIpc) is 3.50. The molecule has 1 fully saturated rings. The number of halogens is 1. The zero-order valence-electron chi connectivity index (χ0n) is 17.6. The van der Waals surface area contributed by atoms with Gasteiger partial charge >= 0.3 is 0 Å². The molecule has 1 aliphatic carbocycles. The molecule has 32 heavy (non-hydrogen) atoms. The van der Waals surface area contributed by atoms with Gasteiger partial charge in [0.25, 0.3) is 5.56 Å². The number of anilines is 1. The van der Waals surface area contributed by atoms with Gasteiger partial charge in [-0.2, -0.15) is 0 Å². The highest BCUT2D eigenvalue weighted by Gasteiger charge is 2.27. The first kappa shape index (κ1) is 21.9. The molecular weight excluding hydrogens is 468 g/mol. The molecule has 3 aromatic heterocycles. The van der Waals surface area contributed by atoms with E-state index in [2.05, 4.69) is 10.3 Å². The highest BCUT2D eigenvalue weighted by atomic mass is 35.5. The summed E-state index contributed by atoms with van der Waals surface area (Å²) in [5.41, 5.74) is 1.15. The van der Waals surface area contributed by atoms with Gasteiger partial charge < -0.3 is 10.1 Å². The lowest BCUT2D eigenvalue weighted by atomic mass is 10.2. The highest BCUT2D eigenvalue weighted by Crippen LogP contribution is 2.36. The van der Waals surface area contributed by atoms with Crippen LogP contribution in [0.3, 0.4) is 0 Å². The van der Waals surface area contributed by atoms with Crippen LogP contribution in [-0.2, 0) is 28.9 Å². The average molecular weight is 491 g/mol. The van der Waals surface area contributed by atoms with Crippen LogP contribution < -0.4 is 10.9 Å². The Morgan fingerprint density at radius 2 is 2.28 bits per heavy atom. The number of aryl methyl sites for hydroxylation is 2. The number of thiophene rings is 1. The maximum Gasteiger partial charge on any atom is 0.263 e. The third-order valence-corrected chi connectivity index (χ3v) is 8.33. The first-order valence-electron chi connectivity index (χ1n) is 10.8. The fraction of sp³-hybridized carbons (Fsp3) is 0.455. The molecule has 168 valence electrons. The van der Waals surface area contributed by atoms with E-state index in [1.807, 2.05) is 0 Å². The zero-order chi connectivity index (χ0) is 22.2. The van der Waals surface area contributed by atoms with Crippen LogP contribution >= 0.6 is 34.7 Å². The zero-order valence-corrected chi connectivity index (χ0v) is 20.0. The van der Waals surface area contributed by atoms with Gasteiger partial charge in [-0.05, 0) is 56.7 Å². The monoisotopic (exact) mass is 490 g/mol. The molecular formula is C22H23ClN4O3S2. The van der Waals surface area contributed by atoms with Crippen molar-refractivity contribution in [1.29, 1.82) is 0 Å². The van der Waals surface area contributed by atoms with Crippen molar-refractivity contribution in [1.82, 2.24) is 14.5 Å². The van der Waals surface area contributed by atoms with Crippen LogP contribution in [0.5, 0.6) is 0 Å². The van der Waals surface area contributed by atoms with E-state index in [0.29, 0.717) is 22.5 Å². The summed E-state index contributed by atoms with van der Waals surface area (Å²) in [4.78, 5) is 37.4. The summed E-state index contributed by atoms with van der Waals surface area (Å²) < 4.78 is 7.52. The number of amides is 1. The van der Waals surface area contributed by atoms with Gasteiger partial charge in [0.15, 0.2) is 5.16 Å². The van der Waals surface area contributed by atoms with E-state index < -0.39 is 5.25 Å². The largest absolute Gasteiger partial charge is 0.376 e. The van der Waals surface area contributed by atoms with E-state index in [1.54, 1.807) is 35.0 Å². The minimum Gasteiger partial charge on any atom is -0.376 e. The predicted molar refractivity (Wildman–Crippen MR) is 128 cm³/mol. The van der Waals surface area contributed by atoms with Gasteiger partial charge in [0.05, 0.1) is 28.3 Å². The van der Waals surface area contributed by atoms with E-state index in [4.69, 9.17) is 21.3 Å². The Morgan fingerprint density at radius 1 is 1.41 bits per heavy atom. The fourth-order valence-electron chi connectivity index (χ4n) is 4.19. The summed E-state index contributed by atoms with van der Waals surface area (Å²) in [6.07, 6.45) is 6.45. The first-order chi connectivity index (χ1) is 15.5. The quantitative estimate of drug-likeness (QED) is 0.409. The number of rotatable bonds is 6. The SMILES string of the molecule is C[C@H](Sc1nc2sc3c(c2c(=O)n1C[C@H]1CCCO1)CCC3)C(=O)Nc1ccc(Cl)cn1. The second-order valence-electron chi connectivity index (χ2n) is 8.09. The molecule has 1 aliphatic heterocycles. The second-order valence-corrected chi connectivity index (χ2v) is 10.9. The van der Waals surface area contributed by atoms with Crippen LogP contribution in [0.4, 0.5) is 5.82 Å². The van der Waals surface area contributed by atoms with Gasteiger partial charge in [0, 0.05) is 17.7 Å². The standard InChI is InChI=1S/C22H23ClN4O3S2/c1-12(19(28)25-17-8-7-13(23)10-24-17)31-22-26-20-18(15-5-2-6-16(15)32-20)21(29)27(22)11-14-4-3-9-30-14/h7-8,10,12,14H,2-6,9,11H2,1H3,(H,24,25,28)/t12-,14+/m0/s1. The molecule has 0 radical (unpaired) electrons. The van der Waals surface area contributed by atoms with Gasteiger partial charge in [0.2, 0.25) is 5.91 Å². The number of nitrogens with one attached hydrogen (secondary N) is 1. The summed E-state index contributed by atoms with van der Waals surface area (Å²) in [5, 5.41) is 4.15. The van der Waals surface area contributed by atoms with E-state index in [0.717, 1.165) is 48.9 Å². The van der Waals surface area contributed by atoms with Crippen LogP contribution in [0.1, 0.15) is 36.6 Å². The van der Waals surface area contributed by atoms with Crippen molar-refractivity contribution >= 4 is 56.6 Å². The van der Waals surface area contributed by atoms with E-state index in [-0.39, 0.29) is 17.6 Å². The minimum absolute atomic E-state index is 0.000356. The van der Waals surface area contributed by atoms with Crippen LogP contribution in [0.2, 0.25) is 5.02 Å². The van der Waals surface area contributed by atoms with Crippen LogP contribution in [-0.4, -0.2) is 38.4 Å². The lowest BCUT2D eigenvalue weighted by molar-refractivity contribution is -0.115. The molecule has 10 heteroatoms.